The van der Waals surface area contributed by atoms with Crippen LogP contribution >= 0.6 is 12.4 Å². The van der Waals surface area contributed by atoms with E-state index in [9.17, 15) is 4.39 Å². The van der Waals surface area contributed by atoms with Crippen molar-refractivity contribution in [2.75, 3.05) is 13.1 Å². The number of rotatable bonds is 1. The first-order valence-corrected chi connectivity index (χ1v) is 3.97. The maximum absolute atomic E-state index is 13.2. The predicted molar refractivity (Wildman–Crippen MR) is 52.4 cm³/mol. The van der Waals surface area contributed by atoms with Crippen molar-refractivity contribution in [2.24, 2.45) is 5.73 Å². The van der Waals surface area contributed by atoms with E-state index in [4.69, 9.17) is 5.73 Å². The van der Waals surface area contributed by atoms with Crippen LogP contribution in [0, 0.1) is 5.82 Å². The lowest BCUT2D eigenvalue weighted by Crippen LogP contribution is -2.63. The van der Waals surface area contributed by atoms with Gasteiger partial charge in [-0.05, 0) is 6.07 Å². The van der Waals surface area contributed by atoms with Crippen LogP contribution in [0.15, 0.2) is 24.3 Å². The average molecular weight is 203 g/mol. The molecule has 0 aliphatic carbocycles. The number of halogens is 2. The van der Waals surface area contributed by atoms with Gasteiger partial charge in [0.25, 0.3) is 0 Å². The molecule has 0 bridgehead atoms. The number of benzene rings is 1. The molecule has 1 fully saturated rings. The minimum Gasteiger partial charge on any atom is -0.319 e. The molecule has 0 radical (unpaired) electrons. The molecular formula is C9H12ClFN2. The quantitative estimate of drug-likeness (QED) is 0.713. The Kier molecular flexibility index (Phi) is 2.91. The second-order valence-corrected chi connectivity index (χ2v) is 3.24. The van der Waals surface area contributed by atoms with Gasteiger partial charge >= 0.3 is 0 Å². The molecule has 1 aromatic carbocycles. The summed E-state index contributed by atoms with van der Waals surface area (Å²) in [5.41, 5.74) is 6.06. The SMILES string of the molecule is Cl.NC1(c2ccccc2F)CNC1. The van der Waals surface area contributed by atoms with E-state index in [1.165, 1.54) is 6.07 Å². The van der Waals surface area contributed by atoms with Gasteiger partial charge in [0.05, 0.1) is 5.54 Å². The minimum atomic E-state index is -0.481. The lowest BCUT2D eigenvalue weighted by atomic mass is 9.85. The van der Waals surface area contributed by atoms with Gasteiger partial charge in [0.1, 0.15) is 5.82 Å². The normalized spacial score (nSPS) is 18.6. The Bertz CT molecular complexity index is 299. The third kappa shape index (κ3) is 1.68. The standard InChI is InChI=1S/C9H11FN2.ClH/c10-8-4-2-1-3-7(8)9(11)5-12-6-9;/h1-4,12H,5-6,11H2;1H. The highest BCUT2D eigenvalue weighted by Gasteiger charge is 2.36. The Balaban J connectivity index is 0.000000845. The molecule has 2 rings (SSSR count). The third-order valence-corrected chi connectivity index (χ3v) is 2.29. The van der Waals surface area contributed by atoms with Crippen molar-refractivity contribution in [2.45, 2.75) is 5.54 Å². The van der Waals surface area contributed by atoms with Crippen LogP contribution in [0.5, 0.6) is 0 Å². The van der Waals surface area contributed by atoms with E-state index in [1.54, 1.807) is 12.1 Å². The molecule has 0 aromatic heterocycles. The molecule has 0 amide bonds. The zero-order valence-electron chi connectivity index (χ0n) is 7.09. The summed E-state index contributed by atoms with van der Waals surface area (Å²) in [4.78, 5) is 0. The van der Waals surface area contributed by atoms with Gasteiger partial charge in [-0.15, -0.1) is 12.4 Å². The molecule has 0 saturated carbocycles. The second kappa shape index (κ2) is 3.62. The van der Waals surface area contributed by atoms with Crippen molar-refractivity contribution in [1.29, 1.82) is 0 Å². The molecule has 2 nitrogen and oxygen atoms in total. The van der Waals surface area contributed by atoms with E-state index < -0.39 is 5.54 Å². The van der Waals surface area contributed by atoms with E-state index in [1.807, 2.05) is 6.07 Å². The van der Waals surface area contributed by atoms with Gasteiger partial charge in [-0.25, -0.2) is 4.39 Å². The molecular weight excluding hydrogens is 191 g/mol. The highest BCUT2D eigenvalue weighted by molar-refractivity contribution is 5.85. The number of hydrogen-bond donors (Lipinski definition) is 2. The summed E-state index contributed by atoms with van der Waals surface area (Å²) in [6.45, 7) is 1.32. The third-order valence-electron chi connectivity index (χ3n) is 2.29. The van der Waals surface area contributed by atoms with Crippen LogP contribution in [0.1, 0.15) is 5.56 Å². The van der Waals surface area contributed by atoms with E-state index in [0.29, 0.717) is 18.7 Å². The van der Waals surface area contributed by atoms with Crippen molar-refractivity contribution in [3.63, 3.8) is 0 Å². The Morgan fingerprint density at radius 1 is 1.31 bits per heavy atom. The Morgan fingerprint density at radius 2 is 1.92 bits per heavy atom. The lowest BCUT2D eigenvalue weighted by Gasteiger charge is -2.39. The van der Waals surface area contributed by atoms with Crippen molar-refractivity contribution < 1.29 is 4.39 Å². The zero-order chi connectivity index (χ0) is 8.60. The van der Waals surface area contributed by atoms with E-state index in [-0.39, 0.29) is 18.2 Å². The van der Waals surface area contributed by atoms with Crippen LogP contribution in [0.25, 0.3) is 0 Å². The highest BCUT2D eigenvalue weighted by Crippen LogP contribution is 2.24. The van der Waals surface area contributed by atoms with Gasteiger partial charge in [0.2, 0.25) is 0 Å². The van der Waals surface area contributed by atoms with E-state index >= 15 is 0 Å². The minimum absolute atomic E-state index is 0. The van der Waals surface area contributed by atoms with Crippen LogP contribution in [0.4, 0.5) is 4.39 Å². The number of nitrogens with two attached hydrogens (primary N) is 1. The van der Waals surface area contributed by atoms with Crippen molar-refractivity contribution >= 4 is 12.4 Å². The maximum atomic E-state index is 13.2. The molecule has 1 aliphatic heterocycles. The molecule has 0 atom stereocenters. The molecule has 1 aromatic rings. The molecule has 13 heavy (non-hydrogen) atoms. The van der Waals surface area contributed by atoms with Gasteiger partial charge < -0.3 is 11.1 Å². The summed E-state index contributed by atoms with van der Waals surface area (Å²) in [5, 5.41) is 3.04. The van der Waals surface area contributed by atoms with Gasteiger partial charge in [0.15, 0.2) is 0 Å². The highest BCUT2D eigenvalue weighted by atomic mass is 35.5. The van der Waals surface area contributed by atoms with Gasteiger partial charge in [-0.3, -0.25) is 0 Å². The van der Waals surface area contributed by atoms with Crippen LogP contribution < -0.4 is 11.1 Å². The molecule has 0 unspecified atom stereocenters. The zero-order valence-corrected chi connectivity index (χ0v) is 7.90. The van der Waals surface area contributed by atoms with Crippen LogP contribution in [0.3, 0.4) is 0 Å². The summed E-state index contributed by atoms with van der Waals surface area (Å²) < 4.78 is 13.2. The maximum Gasteiger partial charge on any atom is 0.128 e. The molecule has 3 N–H and O–H groups in total. The summed E-state index contributed by atoms with van der Waals surface area (Å²) >= 11 is 0. The first kappa shape index (κ1) is 10.4. The summed E-state index contributed by atoms with van der Waals surface area (Å²) in [5.74, 6) is -0.207. The van der Waals surface area contributed by atoms with Crippen LogP contribution in [-0.4, -0.2) is 13.1 Å². The van der Waals surface area contributed by atoms with Crippen molar-refractivity contribution in [3.8, 4) is 0 Å². The monoisotopic (exact) mass is 202 g/mol. The van der Waals surface area contributed by atoms with Gasteiger partial charge in [0, 0.05) is 18.7 Å². The topological polar surface area (TPSA) is 38.0 Å². The van der Waals surface area contributed by atoms with E-state index in [2.05, 4.69) is 5.32 Å². The first-order valence-electron chi connectivity index (χ1n) is 3.97. The molecule has 1 heterocycles. The predicted octanol–water partition coefficient (Wildman–Crippen LogP) is 1.00. The van der Waals surface area contributed by atoms with Gasteiger partial charge in [-0.2, -0.15) is 0 Å². The molecule has 4 heteroatoms. The Hall–Kier alpha value is -0.640. The van der Waals surface area contributed by atoms with Crippen LogP contribution in [-0.2, 0) is 5.54 Å². The van der Waals surface area contributed by atoms with Crippen LogP contribution in [0.2, 0.25) is 0 Å². The van der Waals surface area contributed by atoms with Crippen molar-refractivity contribution in [3.05, 3.63) is 35.6 Å². The fraction of sp³-hybridized carbons (Fsp3) is 0.333. The summed E-state index contributed by atoms with van der Waals surface area (Å²) in [7, 11) is 0. The summed E-state index contributed by atoms with van der Waals surface area (Å²) in [6, 6.07) is 6.68. The number of nitrogens with one attached hydrogen (secondary N) is 1. The molecule has 1 aliphatic rings. The molecule has 1 saturated heterocycles. The fourth-order valence-corrected chi connectivity index (χ4v) is 1.45. The molecule has 0 spiro atoms. The average Bonchev–Trinajstić information content (AvgIpc) is 2.01. The summed E-state index contributed by atoms with van der Waals surface area (Å²) in [6.07, 6.45) is 0. The smallest absolute Gasteiger partial charge is 0.128 e. The largest absolute Gasteiger partial charge is 0.319 e. The lowest BCUT2D eigenvalue weighted by molar-refractivity contribution is 0.277. The van der Waals surface area contributed by atoms with E-state index in [0.717, 1.165) is 0 Å². The Labute approximate surface area is 82.7 Å². The second-order valence-electron chi connectivity index (χ2n) is 3.24. The number of hydrogen-bond acceptors (Lipinski definition) is 2. The van der Waals surface area contributed by atoms with Crippen molar-refractivity contribution in [1.82, 2.24) is 5.32 Å². The Morgan fingerprint density at radius 3 is 2.38 bits per heavy atom. The fourth-order valence-electron chi connectivity index (χ4n) is 1.45. The molecule has 72 valence electrons. The first-order chi connectivity index (χ1) is 5.72. The van der Waals surface area contributed by atoms with Gasteiger partial charge in [-0.1, -0.05) is 18.2 Å².